The summed E-state index contributed by atoms with van der Waals surface area (Å²) >= 11 is 0. The Hall–Kier alpha value is -1.62. The number of hydrogen-bond acceptors (Lipinski definition) is 4. The van der Waals surface area contributed by atoms with E-state index >= 15 is 0 Å². The molecular weight excluding hydrogens is 256 g/mol. The molecule has 1 N–H and O–H groups in total. The van der Waals surface area contributed by atoms with Crippen LogP contribution in [0.3, 0.4) is 0 Å². The highest BCUT2D eigenvalue weighted by Gasteiger charge is 2.38. The normalized spacial score (nSPS) is 22.9. The quantitative estimate of drug-likeness (QED) is 0.900. The highest BCUT2D eigenvalue weighted by Crippen LogP contribution is 2.31. The van der Waals surface area contributed by atoms with Crippen molar-refractivity contribution in [3.8, 4) is 0 Å². The highest BCUT2D eigenvalue weighted by molar-refractivity contribution is 5.69. The number of rotatable bonds is 2. The summed E-state index contributed by atoms with van der Waals surface area (Å²) in [6.07, 6.45) is 2.10. The Bertz CT molecular complexity index is 456. The average Bonchev–Trinajstić information content (AvgIpc) is 2.82. The number of amides is 1. The van der Waals surface area contributed by atoms with E-state index in [0.717, 1.165) is 5.69 Å². The summed E-state index contributed by atoms with van der Waals surface area (Å²) in [6, 6.07) is 5.56. The van der Waals surface area contributed by atoms with Gasteiger partial charge in [0.1, 0.15) is 5.60 Å². The van der Waals surface area contributed by atoms with Gasteiger partial charge in [0.25, 0.3) is 0 Å². The smallest absolute Gasteiger partial charge is 0.410 e. The van der Waals surface area contributed by atoms with Crippen LogP contribution in [0.2, 0.25) is 0 Å². The molecule has 1 aliphatic heterocycles. The number of nitrogens with zero attached hydrogens (tertiary/aromatic N) is 2. The lowest BCUT2D eigenvalue weighted by atomic mass is 10.0. The Morgan fingerprint density at radius 2 is 2.25 bits per heavy atom. The van der Waals surface area contributed by atoms with E-state index in [2.05, 4.69) is 4.98 Å². The number of carbonyl (C=O) groups is 1. The van der Waals surface area contributed by atoms with Gasteiger partial charge < -0.3 is 14.7 Å². The number of pyridine rings is 1. The van der Waals surface area contributed by atoms with Crippen molar-refractivity contribution < 1.29 is 14.6 Å². The van der Waals surface area contributed by atoms with Gasteiger partial charge in [0.15, 0.2) is 0 Å². The van der Waals surface area contributed by atoms with Crippen LogP contribution >= 0.6 is 0 Å². The Labute approximate surface area is 119 Å². The van der Waals surface area contributed by atoms with Crippen molar-refractivity contribution in [3.05, 3.63) is 30.1 Å². The van der Waals surface area contributed by atoms with E-state index in [9.17, 15) is 9.90 Å². The van der Waals surface area contributed by atoms with Crippen molar-refractivity contribution in [3.63, 3.8) is 0 Å². The Morgan fingerprint density at radius 3 is 2.80 bits per heavy atom. The van der Waals surface area contributed by atoms with Gasteiger partial charge in [-0.2, -0.15) is 0 Å². The molecule has 0 unspecified atom stereocenters. The molecule has 0 aliphatic carbocycles. The number of hydrogen-bond donors (Lipinski definition) is 1. The minimum Gasteiger partial charge on any atom is -0.444 e. The molecule has 1 aliphatic rings. The zero-order valence-electron chi connectivity index (χ0n) is 12.2. The molecule has 2 atom stereocenters. The predicted octanol–water partition coefficient (Wildman–Crippen LogP) is 2.17. The fourth-order valence-electron chi connectivity index (χ4n) is 2.47. The van der Waals surface area contributed by atoms with E-state index in [0.29, 0.717) is 13.0 Å². The van der Waals surface area contributed by atoms with E-state index in [1.165, 1.54) is 0 Å². The fourth-order valence-corrected chi connectivity index (χ4v) is 2.47. The van der Waals surface area contributed by atoms with Crippen LogP contribution in [0.25, 0.3) is 0 Å². The Balaban J connectivity index is 2.09. The number of likely N-dealkylation sites (tertiary alicyclic amines) is 1. The number of aliphatic hydroxyl groups is 1. The molecule has 1 saturated heterocycles. The minimum absolute atomic E-state index is 0.0530. The molecule has 1 fully saturated rings. The van der Waals surface area contributed by atoms with Gasteiger partial charge in [0, 0.05) is 24.4 Å². The van der Waals surface area contributed by atoms with E-state index in [1.54, 1.807) is 11.1 Å². The third-order valence-corrected chi connectivity index (χ3v) is 3.36. The van der Waals surface area contributed by atoms with Crippen LogP contribution in [0.5, 0.6) is 0 Å². The third-order valence-electron chi connectivity index (χ3n) is 3.36. The molecule has 20 heavy (non-hydrogen) atoms. The number of aromatic nitrogens is 1. The summed E-state index contributed by atoms with van der Waals surface area (Å²) in [6.45, 7) is 6.00. The van der Waals surface area contributed by atoms with Gasteiger partial charge in [0.05, 0.1) is 12.6 Å². The van der Waals surface area contributed by atoms with Crippen LogP contribution < -0.4 is 0 Å². The van der Waals surface area contributed by atoms with Crippen molar-refractivity contribution >= 4 is 6.09 Å². The topological polar surface area (TPSA) is 62.7 Å². The van der Waals surface area contributed by atoms with E-state index in [1.807, 2.05) is 39.0 Å². The first kappa shape index (κ1) is 14.8. The molecular formula is C15H22N2O3. The van der Waals surface area contributed by atoms with Gasteiger partial charge in [0.2, 0.25) is 0 Å². The molecule has 1 aromatic rings. The van der Waals surface area contributed by atoms with Crippen LogP contribution in [0.15, 0.2) is 24.4 Å². The molecule has 2 heterocycles. The summed E-state index contributed by atoms with van der Waals surface area (Å²) in [5, 5.41) is 9.48. The molecule has 2 rings (SSSR count). The molecule has 1 amide bonds. The van der Waals surface area contributed by atoms with Gasteiger partial charge in [-0.15, -0.1) is 0 Å². The van der Waals surface area contributed by atoms with Crippen molar-refractivity contribution in [2.75, 3.05) is 13.2 Å². The van der Waals surface area contributed by atoms with Crippen molar-refractivity contribution in [1.82, 2.24) is 9.88 Å². The van der Waals surface area contributed by atoms with Gasteiger partial charge in [-0.05, 0) is 39.3 Å². The number of carbonyl (C=O) groups excluding carboxylic acids is 1. The number of aliphatic hydroxyl groups excluding tert-OH is 1. The molecule has 0 saturated carbocycles. The first-order valence-corrected chi connectivity index (χ1v) is 6.92. The molecule has 0 radical (unpaired) electrons. The van der Waals surface area contributed by atoms with Crippen LogP contribution in [0.4, 0.5) is 4.79 Å². The maximum absolute atomic E-state index is 12.2. The van der Waals surface area contributed by atoms with E-state index in [-0.39, 0.29) is 24.7 Å². The first-order chi connectivity index (χ1) is 9.40. The van der Waals surface area contributed by atoms with E-state index < -0.39 is 5.60 Å². The largest absolute Gasteiger partial charge is 0.444 e. The molecule has 5 nitrogen and oxygen atoms in total. The molecule has 0 aromatic carbocycles. The highest BCUT2D eigenvalue weighted by atomic mass is 16.6. The fraction of sp³-hybridized carbons (Fsp3) is 0.600. The Kier molecular flexibility index (Phi) is 4.28. The standard InChI is InChI=1S/C15H22N2O3/c1-15(2,3)20-14(19)17-9-11(8-12(17)10-18)13-6-4-5-7-16-13/h4-7,11-12,18H,8-10H2,1-3H3/t11-,12-/m0/s1. The average molecular weight is 278 g/mol. The summed E-state index contributed by atoms with van der Waals surface area (Å²) in [7, 11) is 0. The lowest BCUT2D eigenvalue weighted by Crippen LogP contribution is -2.41. The monoisotopic (exact) mass is 278 g/mol. The maximum Gasteiger partial charge on any atom is 0.410 e. The second-order valence-corrected chi connectivity index (χ2v) is 6.16. The summed E-state index contributed by atoms with van der Waals surface area (Å²) in [5.41, 5.74) is 0.428. The summed E-state index contributed by atoms with van der Waals surface area (Å²) < 4.78 is 5.39. The Morgan fingerprint density at radius 1 is 1.50 bits per heavy atom. The SMILES string of the molecule is CC(C)(C)OC(=O)N1C[C@@H](c2ccccn2)C[C@H]1CO. The minimum atomic E-state index is -0.528. The van der Waals surface area contributed by atoms with Crippen molar-refractivity contribution in [1.29, 1.82) is 0 Å². The second kappa shape index (κ2) is 5.79. The summed E-state index contributed by atoms with van der Waals surface area (Å²) in [5.74, 6) is 0.154. The molecule has 5 heteroatoms. The predicted molar refractivity (Wildman–Crippen MR) is 75.4 cm³/mol. The lowest BCUT2D eigenvalue weighted by molar-refractivity contribution is 0.0174. The van der Waals surface area contributed by atoms with Gasteiger partial charge in [-0.25, -0.2) is 4.79 Å². The van der Waals surface area contributed by atoms with Crippen LogP contribution in [-0.4, -0.2) is 45.9 Å². The van der Waals surface area contributed by atoms with E-state index in [4.69, 9.17) is 4.74 Å². The van der Waals surface area contributed by atoms with Gasteiger partial charge >= 0.3 is 6.09 Å². The molecule has 110 valence electrons. The van der Waals surface area contributed by atoms with Gasteiger partial charge in [-0.1, -0.05) is 6.07 Å². The zero-order chi connectivity index (χ0) is 14.8. The first-order valence-electron chi connectivity index (χ1n) is 6.92. The lowest BCUT2D eigenvalue weighted by Gasteiger charge is -2.27. The molecule has 0 spiro atoms. The summed E-state index contributed by atoms with van der Waals surface area (Å²) in [4.78, 5) is 18.1. The zero-order valence-corrected chi connectivity index (χ0v) is 12.2. The maximum atomic E-state index is 12.2. The number of ether oxygens (including phenoxy) is 1. The molecule has 0 bridgehead atoms. The van der Waals surface area contributed by atoms with Crippen molar-refractivity contribution in [2.45, 2.75) is 44.8 Å². The van der Waals surface area contributed by atoms with Crippen LogP contribution in [0, 0.1) is 0 Å². The van der Waals surface area contributed by atoms with Gasteiger partial charge in [-0.3, -0.25) is 4.98 Å². The third kappa shape index (κ3) is 3.48. The van der Waals surface area contributed by atoms with Crippen molar-refractivity contribution in [2.24, 2.45) is 0 Å². The molecule has 1 aromatic heterocycles. The van der Waals surface area contributed by atoms with Crippen LogP contribution in [0.1, 0.15) is 38.8 Å². The van der Waals surface area contributed by atoms with Crippen LogP contribution in [-0.2, 0) is 4.74 Å². The second-order valence-electron chi connectivity index (χ2n) is 6.16.